The maximum Gasteiger partial charge on any atom is 0.255 e. The number of methoxy groups -OCH3 is 1. The van der Waals surface area contributed by atoms with Crippen molar-refractivity contribution in [2.24, 2.45) is 0 Å². The second-order valence-electron chi connectivity index (χ2n) is 5.40. The topological polar surface area (TPSA) is 51.3 Å². The van der Waals surface area contributed by atoms with Gasteiger partial charge in [-0.2, -0.15) is 0 Å². The molecule has 0 aliphatic rings. The Morgan fingerprint density at radius 3 is 2.61 bits per heavy atom. The van der Waals surface area contributed by atoms with E-state index >= 15 is 0 Å². The van der Waals surface area contributed by atoms with Crippen LogP contribution in [0.3, 0.4) is 0 Å². The smallest absolute Gasteiger partial charge is 0.255 e. The predicted octanol–water partition coefficient (Wildman–Crippen LogP) is 3.53. The minimum absolute atomic E-state index is 0.116. The Kier molecular flexibility index (Phi) is 4.44. The zero-order valence-electron chi connectivity index (χ0n) is 13.3. The van der Waals surface area contributed by atoms with E-state index in [4.69, 9.17) is 9.47 Å². The van der Waals surface area contributed by atoms with Crippen molar-refractivity contribution in [2.75, 3.05) is 20.3 Å². The molecule has 0 atom stereocenters. The molecule has 0 radical (unpaired) electrons. The summed E-state index contributed by atoms with van der Waals surface area (Å²) in [7, 11) is 1.63. The van der Waals surface area contributed by atoms with Crippen LogP contribution in [0.5, 0.6) is 5.75 Å². The van der Waals surface area contributed by atoms with Crippen LogP contribution in [0, 0.1) is 6.92 Å². The summed E-state index contributed by atoms with van der Waals surface area (Å²) in [5.74, 6) is 0.669. The molecule has 3 aromatic rings. The molecular weight excluding hydrogens is 290 g/mol. The van der Waals surface area contributed by atoms with Crippen LogP contribution in [0.1, 0.15) is 5.56 Å². The monoisotopic (exact) mass is 309 g/mol. The lowest BCUT2D eigenvalue weighted by atomic mass is 9.97. The van der Waals surface area contributed by atoms with Crippen molar-refractivity contribution in [2.45, 2.75) is 6.92 Å². The van der Waals surface area contributed by atoms with E-state index in [1.807, 2.05) is 24.3 Å². The van der Waals surface area contributed by atoms with Crippen LogP contribution in [0.2, 0.25) is 0 Å². The van der Waals surface area contributed by atoms with Crippen molar-refractivity contribution in [1.29, 1.82) is 0 Å². The van der Waals surface area contributed by atoms with Crippen molar-refractivity contribution in [3.63, 3.8) is 0 Å². The number of aromatic amines is 1. The molecule has 23 heavy (non-hydrogen) atoms. The zero-order chi connectivity index (χ0) is 16.2. The summed E-state index contributed by atoms with van der Waals surface area (Å²) in [4.78, 5) is 15.0. The van der Waals surface area contributed by atoms with Gasteiger partial charge in [-0.05, 0) is 41.6 Å². The Labute approximate surface area is 134 Å². The van der Waals surface area contributed by atoms with Crippen LogP contribution < -0.4 is 10.3 Å². The maximum absolute atomic E-state index is 12.2. The normalized spacial score (nSPS) is 10.9. The van der Waals surface area contributed by atoms with Crippen LogP contribution in [-0.2, 0) is 4.74 Å². The predicted molar refractivity (Wildman–Crippen MR) is 92.1 cm³/mol. The summed E-state index contributed by atoms with van der Waals surface area (Å²) >= 11 is 0. The molecule has 1 aromatic heterocycles. The molecule has 0 saturated heterocycles. The third-order valence-corrected chi connectivity index (χ3v) is 3.86. The molecule has 0 unspecified atom stereocenters. The first kappa shape index (κ1) is 15.3. The van der Waals surface area contributed by atoms with Crippen molar-refractivity contribution < 1.29 is 9.47 Å². The van der Waals surface area contributed by atoms with Crippen molar-refractivity contribution >= 4 is 10.8 Å². The van der Waals surface area contributed by atoms with Crippen molar-refractivity contribution in [1.82, 2.24) is 4.98 Å². The average molecular weight is 309 g/mol. The van der Waals surface area contributed by atoms with Crippen molar-refractivity contribution in [3.05, 3.63) is 64.6 Å². The fraction of sp³-hybridized carbons (Fsp3) is 0.211. The number of H-pyrrole nitrogens is 1. The molecule has 0 bridgehead atoms. The first-order chi connectivity index (χ1) is 11.2. The Bertz CT molecular complexity index is 883. The van der Waals surface area contributed by atoms with E-state index < -0.39 is 0 Å². The van der Waals surface area contributed by atoms with Crippen LogP contribution in [-0.4, -0.2) is 25.3 Å². The zero-order valence-corrected chi connectivity index (χ0v) is 13.3. The number of aryl methyl sites for hydroxylation is 1. The van der Waals surface area contributed by atoms with Gasteiger partial charge >= 0.3 is 0 Å². The first-order valence-corrected chi connectivity index (χ1v) is 7.54. The van der Waals surface area contributed by atoms with E-state index in [1.54, 1.807) is 19.4 Å². The number of aromatic nitrogens is 1. The second-order valence-corrected chi connectivity index (χ2v) is 5.40. The van der Waals surface area contributed by atoms with Gasteiger partial charge in [0.2, 0.25) is 0 Å². The number of nitrogens with one attached hydrogen (secondary N) is 1. The highest BCUT2D eigenvalue weighted by Gasteiger charge is 2.10. The number of benzene rings is 2. The highest BCUT2D eigenvalue weighted by molar-refractivity contribution is 5.96. The molecule has 0 spiro atoms. The number of ether oxygens (including phenoxy) is 2. The van der Waals surface area contributed by atoms with Gasteiger partial charge in [0.1, 0.15) is 12.4 Å². The van der Waals surface area contributed by atoms with Gasteiger partial charge in [-0.1, -0.05) is 24.3 Å². The summed E-state index contributed by atoms with van der Waals surface area (Å²) in [6.07, 6.45) is 1.78. The molecule has 0 aliphatic carbocycles. The molecule has 1 N–H and O–H groups in total. The standard InChI is InChI=1S/C19H19NO3/c1-13-5-3-4-6-15(13)18-12-20-19(21)17-11-14(7-8-16(17)18)23-10-9-22-2/h3-8,11-12H,9-10H2,1-2H3,(H,20,21). The Hall–Kier alpha value is -2.59. The SMILES string of the molecule is COCCOc1ccc2c(-c3ccccc3C)c[nH]c(=O)c2c1. The molecule has 0 saturated carbocycles. The van der Waals surface area contributed by atoms with Crippen LogP contribution in [0.15, 0.2) is 53.5 Å². The third-order valence-electron chi connectivity index (χ3n) is 3.86. The Morgan fingerprint density at radius 1 is 1.00 bits per heavy atom. The summed E-state index contributed by atoms with van der Waals surface area (Å²) in [5, 5.41) is 1.54. The van der Waals surface area contributed by atoms with Gasteiger partial charge in [-0.3, -0.25) is 4.79 Å². The quantitative estimate of drug-likeness (QED) is 0.734. The van der Waals surface area contributed by atoms with E-state index in [0.29, 0.717) is 24.3 Å². The van der Waals surface area contributed by atoms with Gasteiger partial charge in [-0.25, -0.2) is 0 Å². The van der Waals surface area contributed by atoms with E-state index in [-0.39, 0.29) is 5.56 Å². The van der Waals surface area contributed by atoms with Crippen LogP contribution in [0.4, 0.5) is 0 Å². The molecular formula is C19H19NO3. The van der Waals surface area contributed by atoms with Gasteiger partial charge in [-0.15, -0.1) is 0 Å². The second kappa shape index (κ2) is 6.67. The Morgan fingerprint density at radius 2 is 1.83 bits per heavy atom. The number of fused-ring (bicyclic) bond motifs is 1. The number of hydrogen-bond acceptors (Lipinski definition) is 3. The van der Waals surface area contributed by atoms with Gasteiger partial charge in [0, 0.05) is 18.9 Å². The molecule has 3 rings (SSSR count). The van der Waals surface area contributed by atoms with E-state index in [1.165, 1.54) is 5.56 Å². The highest BCUT2D eigenvalue weighted by Crippen LogP contribution is 2.30. The molecule has 0 amide bonds. The van der Waals surface area contributed by atoms with Crippen LogP contribution >= 0.6 is 0 Å². The highest BCUT2D eigenvalue weighted by atomic mass is 16.5. The molecule has 4 nitrogen and oxygen atoms in total. The van der Waals surface area contributed by atoms with Gasteiger partial charge in [0.05, 0.1) is 12.0 Å². The van der Waals surface area contributed by atoms with E-state index in [9.17, 15) is 4.79 Å². The lowest BCUT2D eigenvalue weighted by Gasteiger charge is -2.11. The van der Waals surface area contributed by atoms with E-state index in [0.717, 1.165) is 16.5 Å². The summed E-state index contributed by atoms with van der Waals surface area (Å²) < 4.78 is 10.6. The molecule has 118 valence electrons. The largest absolute Gasteiger partial charge is 0.491 e. The molecule has 0 aliphatic heterocycles. The number of hydrogen-bond donors (Lipinski definition) is 1. The van der Waals surface area contributed by atoms with Crippen LogP contribution in [0.25, 0.3) is 21.9 Å². The lowest BCUT2D eigenvalue weighted by Crippen LogP contribution is -2.08. The summed E-state index contributed by atoms with van der Waals surface area (Å²) in [6.45, 7) is 3.03. The Balaban J connectivity index is 2.10. The molecule has 2 aromatic carbocycles. The fourth-order valence-corrected chi connectivity index (χ4v) is 2.67. The summed E-state index contributed by atoms with van der Waals surface area (Å²) in [5.41, 5.74) is 3.18. The minimum Gasteiger partial charge on any atom is -0.491 e. The first-order valence-electron chi connectivity index (χ1n) is 7.54. The number of pyridine rings is 1. The molecule has 1 heterocycles. The van der Waals surface area contributed by atoms with Gasteiger partial charge in [0.15, 0.2) is 0 Å². The van der Waals surface area contributed by atoms with Crippen molar-refractivity contribution in [3.8, 4) is 16.9 Å². The minimum atomic E-state index is -0.116. The molecule has 4 heteroatoms. The molecule has 0 fully saturated rings. The van der Waals surface area contributed by atoms with E-state index in [2.05, 4.69) is 24.0 Å². The lowest BCUT2D eigenvalue weighted by molar-refractivity contribution is 0.146. The third kappa shape index (κ3) is 3.12. The fourth-order valence-electron chi connectivity index (χ4n) is 2.67. The summed E-state index contributed by atoms with van der Waals surface area (Å²) in [6, 6.07) is 13.7. The maximum atomic E-state index is 12.2. The van der Waals surface area contributed by atoms with Gasteiger partial charge < -0.3 is 14.5 Å². The average Bonchev–Trinajstić information content (AvgIpc) is 2.57. The number of rotatable bonds is 5. The van der Waals surface area contributed by atoms with Gasteiger partial charge in [0.25, 0.3) is 5.56 Å².